The molecule has 0 saturated carbocycles. The van der Waals surface area contributed by atoms with Gasteiger partial charge in [0.1, 0.15) is 0 Å². The molecule has 0 fully saturated rings. The lowest BCUT2D eigenvalue weighted by atomic mass is 10.0. The van der Waals surface area contributed by atoms with E-state index in [1.54, 1.807) is 0 Å². The molecule has 3 aromatic rings. The number of thioether (sulfide) groups is 1. The van der Waals surface area contributed by atoms with Crippen LogP contribution in [0.1, 0.15) is 43.9 Å². The lowest BCUT2D eigenvalue weighted by molar-refractivity contribution is -0.121. The second kappa shape index (κ2) is 9.74. The highest BCUT2D eigenvalue weighted by Crippen LogP contribution is 2.28. The molecule has 0 saturated heterocycles. The fourth-order valence-electron chi connectivity index (χ4n) is 3.27. The fourth-order valence-corrected chi connectivity index (χ4v) is 4.10. The Morgan fingerprint density at radius 1 is 1.10 bits per heavy atom. The Kier molecular flexibility index (Phi) is 7.09. The van der Waals surface area contributed by atoms with E-state index < -0.39 is 0 Å². The summed E-state index contributed by atoms with van der Waals surface area (Å²) in [5, 5.41) is 12.3. The van der Waals surface area contributed by atoms with Crippen molar-refractivity contribution in [2.24, 2.45) is 7.05 Å². The summed E-state index contributed by atoms with van der Waals surface area (Å²) in [4.78, 5) is 12.9. The number of carbonyl (C=O) groups is 1. The zero-order valence-corrected chi connectivity index (χ0v) is 18.2. The van der Waals surface area contributed by atoms with Crippen LogP contribution in [0.25, 0.3) is 11.4 Å². The molecular weight excluding hydrogens is 380 g/mol. The summed E-state index contributed by atoms with van der Waals surface area (Å²) in [6.45, 7) is 6.10. The minimum absolute atomic E-state index is 0.0118. The van der Waals surface area contributed by atoms with E-state index in [1.807, 2.05) is 54.9 Å². The third kappa shape index (κ3) is 5.07. The molecule has 0 spiro atoms. The van der Waals surface area contributed by atoms with E-state index in [0.29, 0.717) is 0 Å². The highest BCUT2D eigenvalue weighted by atomic mass is 32.2. The monoisotopic (exact) mass is 408 g/mol. The molecular formula is C23H28N4OS. The maximum Gasteiger partial charge on any atom is 0.233 e. The molecule has 3 rings (SSSR count). The normalized spacial score (nSPS) is 13.1. The molecule has 0 aliphatic rings. The average Bonchev–Trinajstić information content (AvgIpc) is 3.08. The Bertz CT molecular complexity index is 955. The summed E-state index contributed by atoms with van der Waals surface area (Å²) < 4.78 is 1.96. The van der Waals surface area contributed by atoms with E-state index in [2.05, 4.69) is 47.6 Å². The van der Waals surface area contributed by atoms with Gasteiger partial charge in [-0.15, -0.1) is 10.2 Å². The van der Waals surface area contributed by atoms with Gasteiger partial charge in [0, 0.05) is 12.6 Å². The van der Waals surface area contributed by atoms with Crippen LogP contribution in [0.2, 0.25) is 0 Å². The molecule has 0 bridgehead atoms. The van der Waals surface area contributed by atoms with Crippen LogP contribution in [0.5, 0.6) is 0 Å². The molecule has 1 amide bonds. The van der Waals surface area contributed by atoms with E-state index >= 15 is 0 Å². The molecule has 5 nitrogen and oxygen atoms in total. The van der Waals surface area contributed by atoms with Gasteiger partial charge in [0.25, 0.3) is 0 Å². The Balaban J connectivity index is 1.70. The first-order valence-corrected chi connectivity index (χ1v) is 10.9. The Labute approximate surface area is 176 Å². The van der Waals surface area contributed by atoms with Gasteiger partial charge in [0.05, 0.1) is 11.3 Å². The van der Waals surface area contributed by atoms with Crippen LogP contribution in [-0.4, -0.2) is 25.9 Å². The first-order chi connectivity index (χ1) is 14.0. The summed E-state index contributed by atoms with van der Waals surface area (Å²) in [5.74, 6) is 0.823. The first-order valence-electron chi connectivity index (χ1n) is 9.98. The Morgan fingerprint density at radius 2 is 1.79 bits per heavy atom. The van der Waals surface area contributed by atoms with Gasteiger partial charge in [0.2, 0.25) is 5.91 Å². The van der Waals surface area contributed by atoms with Crippen molar-refractivity contribution in [3.05, 3.63) is 65.7 Å². The van der Waals surface area contributed by atoms with Crippen molar-refractivity contribution in [3.63, 3.8) is 0 Å². The maximum absolute atomic E-state index is 12.9. The molecule has 0 unspecified atom stereocenters. The lowest BCUT2D eigenvalue weighted by Crippen LogP contribution is -2.34. The van der Waals surface area contributed by atoms with Gasteiger partial charge >= 0.3 is 0 Å². The standard InChI is InChI=1S/C23H28N4OS/c1-5-11-20(18-13-7-6-8-14-18)24-22(28)17(3)29-23-26-25-21(27(23)4)19-15-10-9-12-16(19)2/h6-10,12-15,17,20H,5,11H2,1-4H3,(H,24,28)/t17-,20-/m1/s1. The highest BCUT2D eigenvalue weighted by molar-refractivity contribution is 8.00. The summed E-state index contributed by atoms with van der Waals surface area (Å²) in [6, 6.07) is 18.3. The van der Waals surface area contributed by atoms with Gasteiger partial charge in [0.15, 0.2) is 11.0 Å². The van der Waals surface area contributed by atoms with Gasteiger partial charge in [-0.2, -0.15) is 0 Å². The van der Waals surface area contributed by atoms with Crippen molar-refractivity contribution < 1.29 is 4.79 Å². The van der Waals surface area contributed by atoms with Crippen molar-refractivity contribution in [2.45, 2.75) is 50.1 Å². The van der Waals surface area contributed by atoms with Gasteiger partial charge < -0.3 is 9.88 Å². The second-order valence-corrected chi connectivity index (χ2v) is 8.51. The number of aromatic nitrogens is 3. The molecule has 1 heterocycles. The van der Waals surface area contributed by atoms with Gasteiger partial charge in [-0.1, -0.05) is 79.7 Å². The van der Waals surface area contributed by atoms with Crippen molar-refractivity contribution in [3.8, 4) is 11.4 Å². The topological polar surface area (TPSA) is 59.8 Å². The number of nitrogens with one attached hydrogen (secondary N) is 1. The lowest BCUT2D eigenvalue weighted by Gasteiger charge is -2.21. The summed E-state index contributed by atoms with van der Waals surface area (Å²) in [7, 11) is 1.94. The number of carbonyl (C=O) groups excluding carboxylic acids is 1. The molecule has 29 heavy (non-hydrogen) atoms. The van der Waals surface area contributed by atoms with Crippen LogP contribution in [0, 0.1) is 6.92 Å². The number of amides is 1. The van der Waals surface area contributed by atoms with E-state index in [0.717, 1.165) is 40.5 Å². The quantitative estimate of drug-likeness (QED) is 0.537. The third-order valence-corrected chi connectivity index (χ3v) is 6.10. The van der Waals surface area contributed by atoms with Crippen molar-refractivity contribution in [1.29, 1.82) is 0 Å². The third-order valence-electron chi connectivity index (χ3n) is 4.97. The van der Waals surface area contributed by atoms with Crippen LogP contribution in [0.15, 0.2) is 59.8 Å². The molecule has 0 aliphatic carbocycles. The predicted molar refractivity (Wildman–Crippen MR) is 119 cm³/mol. The minimum Gasteiger partial charge on any atom is -0.348 e. The zero-order chi connectivity index (χ0) is 20.8. The molecule has 6 heteroatoms. The number of aryl methyl sites for hydroxylation is 1. The molecule has 0 aliphatic heterocycles. The van der Waals surface area contributed by atoms with Crippen molar-refractivity contribution in [2.75, 3.05) is 0 Å². The Morgan fingerprint density at radius 3 is 2.48 bits per heavy atom. The molecule has 152 valence electrons. The van der Waals surface area contributed by atoms with E-state index in [9.17, 15) is 4.79 Å². The number of nitrogens with zero attached hydrogens (tertiary/aromatic N) is 3. The number of hydrogen-bond acceptors (Lipinski definition) is 4. The maximum atomic E-state index is 12.9. The van der Waals surface area contributed by atoms with Crippen LogP contribution >= 0.6 is 11.8 Å². The van der Waals surface area contributed by atoms with Gasteiger partial charge in [-0.3, -0.25) is 4.79 Å². The number of hydrogen-bond donors (Lipinski definition) is 1. The minimum atomic E-state index is -0.273. The molecule has 2 atom stereocenters. The molecule has 2 aromatic carbocycles. The first kappa shape index (κ1) is 21.1. The van der Waals surface area contributed by atoms with E-state index in [-0.39, 0.29) is 17.2 Å². The average molecular weight is 409 g/mol. The van der Waals surface area contributed by atoms with Crippen LogP contribution < -0.4 is 5.32 Å². The molecule has 1 N–H and O–H groups in total. The van der Waals surface area contributed by atoms with E-state index in [4.69, 9.17) is 0 Å². The zero-order valence-electron chi connectivity index (χ0n) is 17.4. The fraction of sp³-hybridized carbons (Fsp3) is 0.348. The summed E-state index contributed by atoms with van der Waals surface area (Å²) in [5.41, 5.74) is 3.34. The number of rotatable bonds is 8. The second-order valence-electron chi connectivity index (χ2n) is 7.20. The van der Waals surface area contributed by atoms with Crippen LogP contribution in [-0.2, 0) is 11.8 Å². The number of benzene rings is 2. The summed E-state index contributed by atoms with van der Waals surface area (Å²) in [6.07, 6.45) is 1.92. The largest absolute Gasteiger partial charge is 0.348 e. The van der Waals surface area contributed by atoms with Crippen LogP contribution in [0.3, 0.4) is 0 Å². The SMILES string of the molecule is CCC[C@@H](NC(=O)[C@@H](C)Sc1nnc(-c2ccccc2C)n1C)c1ccccc1. The predicted octanol–water partition coefficient (Wildman–Crippen LogP) is 4.93. The van der Waals surface area contributed by atoms with E-state index in [1.165, 1.54) is 11.8 Å². The van der Waals surface area contributed by atoms with Gasteiger partial charge in [-0.25, -0.2) is 0 Å². The summed E-state index contributed by atoms with van der Waals surface area (Å²) >= 11 is 1.43. The molecule has 0 radical (unpaired) electrons. The van der Waals surface area contributed by atoms with Crippen molar-refractivity contribution >= 4 is 17.7 Å². The smallest absolute Gasteiger partial charge is 0.233 e. The van der Waals surface area contributed by atoms with Gasteiger partial charge in [-0.05, 0) is 31.4 Å². The Hall–Kier alpha value is -2.60. The van der Waals surface area contributed by atoms with Crippen LogP contribution in [0.4, 0.5) is 0 Å². The highest BCUT2D eigenvalue weighted by Gasteiger charge is 2.22. The van der Waals surface area contributed by atoms with Crippen molar-refractivity contribution in [1.82, 2.24) is 20.1 Å². The molecule has 1 aromatic heterocycles.